The fraction of sp³-hybridized carbons (Fsp3) is 0.467. The fourth-order valence-electron chi connectivity index (χ4n) is 2.40. The van der Waals surface area contributed by atoms with E-state index in [0.717, 1.165) is 31.2 Å². The molecule has 0 saturated heterocycles. The van der Waals surface area contributed by atoms with Gasteiger partial charge in [-0.25, -0.2) is 13.1 Å². The third-order valence-corrected chi connectivity index (χ3v) is 5.02. The first-order valence-corrected chi connectivity index (χ1v) is 8.57. The molecule has 3 N–H and O–H groups in total. The predicted molar refractivity (Wildman–Crippen MR) is 80.9 cm³/mol. The Morgan fingerprint density at radius 1 is 1.15 bits per heavy atom. The maximum Gasteiger partial charge on any atom is 0.240 e. The number of rotatable bonds is 7. The van der Waals surface area contributed by atoms with Crippen molar-refractivity contribution in [3.8, 4) is 0 Å². The Morgan fingerprint density at radius 3 is 2.50 bits per heavy atom. The van der Waals surface area contributed by atoms with Crippen molar-refractivity contribution in [2.45, 2.75) is 37.0 Å². The van der Waals surface area contributed by atoms with Gasteiger partial charge in [0.1, 0.15) is 0 Å². The number of benzene rings is 1. The van der Waals surface area contributed by atoms with Crippen LogP contribution in [-0.2, 0) is 16.4 Å². The number of hydrogen-bond acceptors (Lipinski definition) is 3. The van der Waals surface area contributed by atoms with Gasteiger partial charge in [0, 0.05) is 6.54 Å². The van der Waals surface area contributed by atoms with Crippen LogP contribution in [0.4, 0.5) is 0 Å². The molecule has 1 aromatic carbocycles. The third kappa shape index (κ3) is 4.16. The summed E-state index contributed by atoms with van der Waals surface area (Å²) >= 11 is 0. The monoisotopic (exact) mass is 294 g/mol. The summed E-state index contributed by atoms with van der Waals surface area (Å²) in [5.74, 6) is 0. The zero-order valence-electron chi connectivity index (χ0n) is 11.6. The molecule has 0 saturated carbocycles. The van der Waals surface area contributed by atoms with Crippen LogP contribution in [0.15, 0.2) is 40.8 Å². The van der Waals surface area contributed by atoms with E-state index in [0.29, 0.717) is 18.0 Å². The average Bonchev–Trinajstić information content (AvgIpc) is 2.93. The minimum absolute atomic E-state index is 0.318. The summed E-state index contributed by atoms with van der Waals surface area (Å²) in [7, 11) is -3.39. The van der Waals surface area contributed by atoms with Crippen molar-refractivity contribution in [1.29, 1.82) is 0 Å². The van der Waals surface area contributed by atoms with Crippen LogP contribution in [0.2, 0.25) is 0 Å². The van der Waals surface area contributed by atoms with Crippen LogP contribution in [0.3, 0.4) is 0 Å². The Kier molecular flexibility index (Phi) is 5.34. The van der Waals surface area contributed by atoms with Crippen LogP contribution in [0.25, 0.3) is 0 Å². The van der Waals surface area contributed by atoms with E-state index < -0.39 is 10.0 Å². The molecular formula is C15H22N2O2S. The molecular weight excluding hydrogens is 272 g/mol. The molecule has 0 fully saturated rings. The van der Waals surface area contributed by atoms with Gasteiger partial charge >= 0.3 is 0 Å². The molecule has 0 unspecified atom stereocenters. The van der Waals surface area contributed by atoms with Gasteiger partial charge in [0.25, 0.3) is 0 Å². The molecule has 1 aliphatic rings. The van der Waals surface area contributed by atoms with E-state index in [1.54, 1.807) is 12.1 Å². The van der Waals surface area contributed by atoms with Crippen LogP contribution in [0, 0.1) is 0 Å². The summed E-state index contributed by atoms with van der Waals surface area (Å²) in [6.07, 6.45) is 7.23. The molecule has 0 heterocycles. The summed E-state index contributed by atoms with van der Waals surface area (Å²) < 4.78 is 26.9. The second-order valence-corrected chi connectivity index (χ2v) is 6.85. The van der Waals surface area contributed by atoms with E-state index in [1.807, 2.05) is 12.1 Å². The van der Waals surface area contributed by atoms with Gasteiger partial charge in [0.15, 0.2) is 0 Å². The molecule has 5 heteroatoms. The normalized spacial score (nSPS) is 15.3. The Balaban J connectivity index is 1.91. The highest BCUT2D eigenvalue weighted by atomic mass is 32.2. The smallest absolute Gasteiger partial charge is 0.240 e. The van der Waals surface area contributed by atoms with Crippen molar-refractivity contribution in [2.24, 2.45) is 5.73 Å². The summed E-state index contributed by atoms with van der Waals surface area (Å²) in [4.78, 5) is 0.318. The van der Waals surface area contributed by atoms with E-state index in [4.69, 9.17) is 5.73 Å². The third-order valence-electron chi connectivity index (χ3n) is 3.54. The lowest BCUT2D eigenvalue weighted by Crippen LogP contribution is -2.25. The van der Waals surface area contributed by atoms with Gasteiger partial charge < -0.3 is 5.73 Å². The van der Waals surface area contributed by atoms with Gasteiger partial charge in [-0.3, -0.25) is 0 Å². The van der Waals surface area contributed by atoms with Gasteiger partial charge in [-0.05, 0) is 56.3 Å². The Labute approximate surface area is 121 Å². The fourth-order valence-corrected chi connectivity index (χ4v) is 3.43. The average molecular weight is 294 g/mol. The minimum Gasteiger partial charge on any atom is -0.330 e. The Hall–Kier alpha value is -1.17. The molecule has 0 amide bonds. The van der Waals surface area contributed by atoms with E-state index in [9.17, 15) is 8.42 Å². The van der Waals surface area contributed by atoms with Crippen LogP contribution in [0.5, 0.6) is 0 Å². The maximum atomic E-state index is 12.1. The summed E-state index contributed by atoms with van der Waals surface area (Å²) in [6.45, 7) is 1.04. The SMILES string of the molecule is NCCc1ccc(S(=O)(=O)NCCC2=CCCC2)cc1. The molecule has 4 nitrogen and oxygen atoms in total. The molecule has 0 bridgehead atoms. The lowest BCUT2D eigenvalue weighted by Gasteiger charge is -2.08. The molecule has 0 radical (unpaired) electrons. The van der Waals surface area contributed by atoms with E-state index in [-0.39, 0.29) is 0 Å². The van der Waals surface area contributed by atoms with E-state index >= 15 is 0 Å². The van der Waals surface area contributed by atoms with E-state index in [1.165, 1.54) is 12.0 Å². The number of allylic oxidation sites excluding steroid dienone is 1. The first-order chi connectivity index (χ1) is 9.62. The molecule has 2 rings (SSSR count). The van der Waals surface area contributed by atoms with Crippen molar-refractivity contribution < 1.29 is 8.42 Å². The molecule has 110 valence electrons. The first kappa shape index (κ1) is 15.2. The number of nitrogens with one attached hydrogen (secondary N) is 1. The summed E-state index contributed by atoms with van der Waals surface area (Å²) in [6, 6.07) is 6.92. The molecule has 0 aromatic heterocycles. The second kappa shape index (κ2) is 7.02. The quantitative estimate of drug-likeness (QED) is 0.755. The van der Waals surface area contributed by atoms with Crippen molar-refractivity contribution in [2.75, 3.05) is 13.1 Å². The summed E-state index contributed by atoms with van der Waals surface area (Å²) in [5, 5.41) is 0. The zero-order chi connectivity index (χ0) is 14.4. The van der Waals surface area contributed by atoms with Crippen LogP contribution < -0.4 is 10.5 Å². The van der Waals surface area contributed by atoms with Crippen molar-refractivity contribution in [3.63, 3.8) is 0 Å². The lowest BCUT2D eigenvalue weighted by molar-refractivity contribution is 0.581. The van der Waals surface area contributed by atoms with Gasteiger partial charge in [0.05, 0.1) is 4.90 Å². The summed E-state index contributed by atoms with van der Waals surface area (Å²) in [5.41, 5.74) is 7.90. The van der Waals surface area contributed by atoms with Crippen LogP contribution in [0.1, 0.15) is 31.2 Å². The topological polar surface area (TPSA) is 72.2 Å². The maximum absolute atomic E-state index is 12.1. The minimum atomic E-state index is -3.39. The Bertz CT molecular complexity index is 562. The number of hydrogen-bond donors (Lipinski definition) is 2. The predicted octanol–water partition coefficient (Wildman–Crippen LogP) is 1.97. The highest BCUT2D eigenvalue weighted by molar-refractivity contribution is 7.89. The van der Waals surface area contributed by atoms with Gasteiger partial charge in [0.2, 0.25) is 10.0 Å². The number of nitrogens with two attached hydrogens (primary N) is 1. The van der Waals surface area contributed by atoms with Gasteiger partial charge in [-0.15, -0.1) is 0 Å². The molecule has 0 spiro atoms. The zero-order valence-corrected chi connectivity index (χ0v) is 12.5. The molecule has 1 aromatic rings. The first-order valence-electron chi connectivity index (χ1n) is 7.08. The van der Waals surface area contributed by atoms with E-state index in [2.05, 4.69) is 10.8 Å². The van der Waals surface area contributed by atoms with Gasteiger partial charge in [-0.1, -0.05) is 23.8 Å². The second-order valence-electron chi connectivity index (χ2n) is 5.09. The Morgan fingerprint density at radius 2 is 1.90 bits per heavy atom. The highest BCUT2D eigenvalue weighted by Gasteiger charge is 2.13. The standard InChI is InChI=1S/C15H22N2O2S/c16-11-9-14-5-7-15(8-6-14)20(18,19)17-12-10-13-3-1-2-4-13/h3,5-8,17H,1-2,4,9-12,16H2. The highest BCUT2D eigenvalue weighted by Crippen LogP contribution is 2.20. The molecule has 1 aliphatic carbocycles. The molecule has 20 heavy (non-hydrogen) atoms. The van der Waals surface area contributed by atoms with Gasteiger partial charge in [-0.2, -0.15) is 0 Å². The molecule has 0 aliphatic heterocycles. The lowest BCUT2D eigenvalue weighted by atomic mass is 10.2. The van der Waals surface area contributed by atoms with Crippen molar-refractivity contribution >= 4 is 10.0 Å². The number of sulfonamides is 1. The van der Waals surface area contributed by atoms with Crippen LogP contribution in [-0.4, -0.2) is 21.5 Å². The molecule has 0 atom stereocenters. The van der Waals surface area contributed by atoms with Crippen molar-refractivity contribution in [1.82, 2.24) is 4.72 Å². The van der Waals surface area contributed by atoms with Crippen molar-refractivity contribution in [3.05, 3.63) is 41.5 Å². The largest absolute Gasteiger partial charge is 0.330 e. The van der Waals surface area contributed by atoms with Crippen LogP contribution >= 0.6 is 0 Å².